The average Bonchev–Trinajstić information content (AvgIpc) is 2.97. The van der Waals surface area contributed by atoms with E-state index in [-0.39, 0.29) is 22.3 Å². The van der Waals surface area contributed by atoms with Crippen LogP contribution in [0.1, 0.15) is 31.8 Å². The number of rotatable bonds is 6. The van der Waals surface area contributed by atoms with Crippen molar-refractivity contribution in [3.63, 3.8) is 0 Å². The molecule has 6 aromatic rings. The number of nitrogens with one attached hydrogen (secondary N) is 2. The molecule has 2 heterocycles. The van der Waals surface area contributed by atoms with Crippen LogP contribution in [0, 0.1) is 13.8 Å². The summed E-state index contributed by atoms with van der Waals surface area (Å²) in [4.78, 5) is 51.6. The Morgan fingerprint density at radius 3 is 1.44 bits per heavy atom. The van der Waals surface area contributed by atoms with E-state index < -0.39 is 23.1 Å². The van der Waals surface area contributed by atoms with Crippen molar-refractivity contribution >= 4 is 56.5 Å². The molecule has 0 bridgehead atoms. The first-order valence-corrected chi connectivity index (χ1v) is 13.7. The molecule has 11 heteroatoms. The number of nitrogen functional groups attached to an aromatic ring is 2. The minimum absolute atomic E-state index is 0.125. The maximum atomic E-state index is 12.9. The fraction of sp³-hybridized carbons (Fsp3) is 0.0588. The molecular formula is C34H26N4O7. The van der Waals surface area contributed by atoms with E-state index in [1.165, 1.54) is 12.1 Å². The maximum absolute atomic E-state index is 12.9. The fourth-order valence-electron chi connectivity index (χ4n) is 5.08. The minimum atomic E-state index is -0.808. The van der Waals surface area contributed by atoms with Gasteiger partial charge in [-0.15, -0.1) is 0 Å². The quantitative estimate of drug-likeness (QED) is 0.132. The molecule has 0 saturated heterocycles. The summed E-state index contributed by atoms with van der Waals surface area (Å²) in [5, 5.41) is 6.44. The lowest BCUT2D eigenvalue weighted by Crippen LogP contribution is -2.22. The van der Waals surface area contributed by atoms with Crippen molar-refractivity contribution in [3.05, 3.63) is 128 Å². The van der Waals surface area contributed by atoms with E-state index in [1.54, 1.807) is 86.6 Å². The van der Waals surface area contributed by atoms with Gasteiger partial charge in [-0.2, -0.15) is 0 Å². The molecule has 4 aromatic carbocycles. The van der Waals surface area contributed by atoms with E-state index in [0.717, 1.165) is 0 Å². The third-order valence-corrected chi connectivity index (χ3v) is 7.26. The van der Waals surface area contributed by atoms with Gasteiger partial charge in [0.2, 0.25) is 0 Å². The predicted octanol–water partition coefficient (Wildman–Crippen LogP) is 5.98. The lowest BCUT2D eigenvalue weighted by molar-refractivity contribution is 0.101. The molecule has 224 valence electrons. The van der Waals surface area contributed by atoms with Gasteiger partial charge in [0.05, 0.1) is 0 Å². The molecule has 0 saturated carbocycles. The van der Waals surface area contributed by atoms with Crippen LogP contribution in [0.3, 0.4) is 0 Å². The summed E-state index contributed by atoms with van der Waals surface area (Å²) in [6.45, 7) is 3.32. The van der Waals surface area contributed by atoms with Gasteiger partial charge in [0.15, 0.2) is 0 Å². The second-order valence-electron chi connectivity index (χ2n) is 10.4. The van der Waals surface area contributed by atoms with E-state index in [1.807, 2.05) is 0 Å². The highest BCUT2D eigenvalue weighted by atomic mass is 16.5. The van der Waals surface area contributed by atoms with Crippen molar-refractivity contribution in [2.75, 3.05) is 22.1 Å². The van der Waals surface area contributed by atoms with Crippen molar-refractivity contribution in [2.45, 2.75) is 13.8 Å². The maximum Gasteiger partial charge on any atom is 0.349 e. The van der Waals surface area contributed by atoms with Crippen LogP contribution in [0.25, 0.3) is 21.9 Å². The molecule has 0 atom stereocenters. The number of carbonyl (C=O) groups is 2. The number of benzene rings is 4. The first kappa shape index (κ1) is 28.7. The molecule has 11 nitrogen and oxygen atoms in total. The summed E-state index contributed by atoms with van der Waals surface area (Å²) in [6, 6.07) is 22.9. The van der Waals surface area contributed by atoms with E-state index in [0.29, 0.717) is 56.1 Å². The third kappa shape index (κ3) is 5.69. The number of ether oxygens (including phenoxy) is 1. The number of amides is 2. The molecular weight excluding hydrogens is 576 g/mol. The van der Waals surface area contributed by atoms with Gasteiger partial charge in [-0.05, 0) is 85.6 Å². The molecule has 2 aromatic heterocycles. The smallest absolute Gasteiger partial charge is 0.349 e. The minimum Gasteiger partial charge on any atom is -0.457 e. The number of aryl methyl sites for hydroxylation is 2. The summed E-state index contributed by atoms with van der Waals surface area (Å²) in [7, 11) is 0. The van der Waals surface area contributed by atoms with Crippen molar-refractivity contribution < 1.29 is 23.2 Å². The number of nitrogens with two attached hydrogens (primary N) is 2. The average molecular weight is 603 g/mol. The highest BCUT2D eigenvalue weighted by molar-refractivity contribution is 6.08. The molecule has 0 radical (unpaired) electrons. The summed E-state index contributed by atoms with van der Waals surface area (Å²) in [5.41, 5.74) is 12.8. The monoisotopic (exact) mass is 602 g/mol. The van der Waals surface area contributed by atoms with E-state index in [2.05, 4.69) is 10.6 Å². The Bertz CT molecular complexity index is 2130. The van der Waals surface area contributed by atoms with Crippen molar-refractivity contribution in [1.82, 2.24) is 0 Å². The largest absolute Gasteiger partial charge is 0.457 e. The topological polar surface area (TPSA) is 180 Å². The van der Waals surface area contributed by atoms with Gasteiger partial charge in [-0.1, -0.05) is 12.1 Å². The Labute approximate surface area is 255 Å². The van der Waals surface area contributed by atoms with Gasteiger partial charge in [-0.25, -0.2) is 9.59 Å². The Morgan fingerprint density at radius 1 is 0.622 bits per heavy atom. The molecule has 2 amide bonds. The van der Waals surface area contributed by atoms with Crippen LogP contribution in [0.15, 0.2) is 103 Å². The Hall–Kier alpha value is -6.36. The summed E-state index contributed by atoms with van der Waals surface area (Å²) < 4.78 is 17.0. The molecule has 0 aliphatic rings. The lowest BCUT2D eigenvalue weighted by atomic mass is 10.0. The molecule has 0 aliphatic carbocycles. The molecule has 45 heavy (non-hydrogen) atoms. The van der Waals surface area contributed by atoms with E-state index in [4.69, 9.17) is 25.0 Å². The number of fused-ring (bicyclic) bond motifs is 2. The molecule has 0 unspecified atom stereocenters. The molecule has 0 fully saturated rings. The summed E-state index contributed by atoms with van der Waals surface area (Å²) >= 11 is 0. The Morgan fingerprint density at radius 2 is 1.04 bits per heavy atom. The normalized spacial score (nSPS) is 11.0. The summed E-state index contributed by atoms with van der Waals surface area (Å²) in [5.74, 6) is -0.572. The van der Waals surface area contributed by atoms with Crippen molar-refractivity contribution in [3.8, 4) is 11.5 Å². The Balaban J connectivity index is 1.26. The van der Waals surface area contributed by atoms with Gasteiger partial charge in [-0.3, -0.25) is 9.59 Å². The number of anilines is 4. The fourth-order valence-corrected chi connectivity index (χ4v) is 5.08. The number of hydrogen-bond acceptors (Lipinski definition) is 9. The van der Waals surface area contributed by atoms with Crippen molar-refractivity contribution in [2.24, 2.45) is 0 Å². The van der Waals surface area contributed by atoms with Crippen LogP contribution in [0.4, 0.5) is 22.7 Å². The van der Waals surface area contributed by atoms with Gasteiger partial charge < -0.3 is 35.7 Å². The van der Waals surface area contributed by atoms with Gasteiger partial charge in [0.1, 0.15) is 33.8 Å². The summed E-state index contributed by atoms with van der Waals surface area (Å²) in [6.07, 6.45) is 0. The lowest BCUT2D eigenvalue weighted by Gasteiger charge is -2.12. The molecule has 0 aliphatic heterocycles. The van der Waals surface area contributed by atoms with Crippen LogP contribution in [0.5, 0.6) is 11.5 Å². The zero-order chi connectivity index (χ0) is 31.8. The zero-order valence-electron chi connectivity index (χ0n) is 24.1. The van der Waals surface area contributed by atoms with Crippen LogP contribution in [0.2, 0.25) is 0 Å². The van der Waals surface area contributed by atoms with Crippen LogP contribution >= 0.6 is 0 Å². The SMILES string of the molecule is Cc1c(C(=O)Nc2cccc(N)c2)c(=O)oc2cc(Oc3ccc4c(C)c(C(=O)Nc5cccc(N)c5)c(=O)oc4c3)ccc12. The van der Waals surface area contributed by atoms with Gasteiger partial charge >= 0.3 is 11.3 Å². The van der Waals surface area contributed by atoms with Crippen LogP contribution in [-0.2, 0) is 0 Å². The van der Waals surface area contributed by atoms with Crippen LogP contribution in [-0.4, -0.2) is 11.8 Å². The van der Waals surface area contributed by atoms with Gasteiger partial charge in [0.25, 0.3) is 11.8 Å². The number of hydrogen-bond donors (Lipinski definition) is 4. The Kier molecular flexibility index (Phi) is 7.27. The molecule has 6 rings (SSSR count). The second-order valence-corrected chi connectivity index (χ2v) is 10.4. The molecule has 0 spiro atoms. The predicted molar refractivity (Wildman–Crippen MR) is 172 cm³/mol. The zero-order valence-corrected chi connectivity index (χ0v) is 24.1. The standard InChI is InChI=1S/C34H26N4O7/c1-17-25-11-9-23(15-27(25)44-33(41)29(17)31(39)37-21-7-3-5-19(35)13-21)43-24-10-12-26-18(2)30(34(42)45-28(26)16-24)32(40)38-22-8-4-6-20(36)14-22/h3-16H,35-36H2,1-2H3,(H,37,39)(H,38,40). The third-order valence-electron chi connectivity index (χ3n) is 7.26. The van der Waals surface area contributed by atoms with Crippen LogP contribution < -0.4 is 38.1 Å². The highest BCUT2D eigenvalue weighted by Gasteiger charge is 2.21. The second kappa shape index (κ2) is 11.4. The first-order chi connectivity index (χ1) is 21.6. The number of carbonyl (C=O) groups excluding carboxylic acids is 2. The van der Waals surface area contributed by atoms with E-state index in [9.17, 15) is 19.2 Å². The van der Waals surface area contributed by atoms with E-state index >= 15 is 0 Å². The molecule has 6 N–H and O–H groups in total. The van der Waals surface area contributed by atoms with Gasteiger partial charge in [0, 0.05) is 45.7 Å². The van der Waals surface area contributed by atoms with Crippen molar-refractivity contribution in [1.29, 1.82) is 0 Å². The highest BCUT2D eigenvalue weighted by Crippen LogP contribution is 2.31. The first-order valence-electron chi connectivity index (χ1n) is 13.7.